The Morgan fingerprint density at radius 2 is 1.22 bits per heavy atom. The van der Waals surface area contributed by atoms with Crippen LogP contribution in [0.2, 0.25) is 0 Å². The number of Topliss-reactive ketones (excluding diaryl/α,β-unsaturated/α-hetero) is 1. The Hall–Kier alpha value is -1.65. The predicted octanol–water partition coefficient (Wildman–Crippen LogP) is 1.26. The smallest absolute Gasteiger partial charge is 0.345 e. The molecule has 5 nitrogen and oxygen atoms in total. The molecular formula is C13H18O5. The summed E-state index contributed by atoms with van der Waals surface area (Å²) in [7, 11) is 2.37. The van der Waals surface area contributed by atoms with Crippen LogP contribution in [-0.2, 0) is 23.9 Å². The van der Waals surface area contributed by atoms with Gasteiger partial charge in [-0.25, -0.2) is 9.59 Å². The second-order valence-electron chi connectivity index (χ2n) is 5.31. The molecular weight excluding hydrogens is 236 g/mol. The molecule has 0 unspecified atom stereocenters. The summed E-state index contributed by atoms with van der Waals surface area (Å²) in [6.45, 7) is 6.73. The van der Waals surface area contributed by atoms with Crippen molar-refractivity contribution >= 4 is 17.7 Å². The molecule has 0 heterocycles. The third-order valence-electron chi connectivity index (χ3n) is 3.41. The standard InChI is InChI=1S/C13H18O5/c1-12(2)8(13(3,4)11(12)16)7(9(14)17-5)10(15)18-6/h1-6H3. The molecule has 1 fully saturated rings. The molecule has 0 atom stereocenters. The number of ether oxygens (including phenoxy) is 2. The highest BCUT2D eigenvalue weighted by Gasteiger charge is 2.60. The van der Waals surface area contributed by atoms with Crippen molar-refractivity contribution in [2.45, 2.75) is 27.7 Å². The first-order chi connectivity index (χ1) is 8.12. The Balaban J connectivity index is 3.50. The topological polar surface area (TPSA) is 69.7 Å². The number of allylic oxidation sites excluding steroid dienone is 1. The van der Waals surface area contributed by atoms with E-state index in [1.165, 1.54) is 14.2 Å². The zero-order valence-corrected chi connectivity index (χ0v) is 11.5. The van der Waals surface area contributed by atoms with E-state index in [1.54, 1.807) is 27.7 Å². The molecule has 0 saturated heterocycles. The molecule has 1 aliphatic carbocycles. The number of carbonyl (C=O) groups excluding carboxylic acids is 3. The zero-order valence-electron chi connectivity index (χ0n) is 11.5. The van der Waals surface area contributed by atoms with Crippen molar-refractivity contribution in [3.63, 3.8) is 0 Å². The molecule has 1 rings (SSSR count). The summed E-state index contributed by atoms with van der Waals surface area (Å²) in [5.74, 6) is -1.56. The van der Waals surface area contributed by atoms with Gasteiger partial charge in [0.1, 0.15) is 5.57 Å². The minimum atomic E-state index is -0.846. The summed E-state index contributed by atoms with van der Waals surface area (Å²) in [6, 6.07) is 0. The van der Waals surface area contributed by atoms with E-state index in [-0.39, 0.29) is 11.4 Å². The summed E-state index contributed by atoms with van der Waals surface area (Å²) in [4.78, 5) is 35.5. The molecule has 0 N–H and O–H groups in total. The lowest BCUT2D eigenvalue weighted by molar-refractivity contribution is -0.146. The monoisotopic (exact) mass is 254 g/mol. The van der Waals surface area contributed by atoms with Crippen LogP contribution in [0, 0.1) is 10.8 Å². The molecule has 1 saturated carbocycles. The van der Waals surface area contributed by atoms with Crippen LogP contribution in [-0.4, -0.2) is 31.9 Å². The maximum Gasteiger partial charge on any atom is 0.345 e. The van der Waals surface area contributed by atoms with Gasteiger partial charge in [0, 0.05) is 10.8 Å². The fourth-order valence-corrected chi connectivity index (χ4v) is 2.84. The van der Waals surface area contributed by atoms with Crippen LogP contribution in [0.25, 0.3) is 0 Å². The number of hydrogen-bond donors (Lipinski definition) is 0. The minimum absolute atomic E-state index is 0.0182. The highest BCUT2D eigenvalue weighted by Crippen LogP contribution is 2.56. The van der Waals surface area contributed by atoms with Gasteiger partial charge in [0.05, 0.1) is 14.2 Å². The first kappa shape index (κ1) is 14.4. The molecule has 18 heavy (non-hydrogen) atoms. The summed E-state index contributed by atoms with van der Waals surface area (Å²) < 4.78 is 9.21. The van der Waals surface area contributed by atoms with Gasteiger partial charge < -0.3 is 9.47 Å². The third kappa shape index (κ3) is 1.74. The molecule has 0 aliphatic heterocycles. The molecule has 0 spiro atoms. The Labute approximate surface area is 106 Å². The molecule has 0 aromatic rings. The van der Waals surface area contributed by atoms with Gasteiger partial charge in [0.15, 0.2) is 5.78 Å². The van der Waals surface area contributed by atoms with E-state index >= 15 is 0 Å². The Kier molecular flexibility index (Phi) is 3.38. The van der Waals surface area contributed by atoms with E-state index in [0.717, 1.165) is 0 Å². The number of rotatable bonds is 2. The van der Waals surface area contributed by atoms with Crippen molar-refractivity contribution in [1.29, 1.82) is 0 Å². The van der Waals surface area contributed by atoms with E-state index in [2.05, 4.69) is 9.47 Å². The van der Waals surface area contributed by atoms with E-state index in [0.29, 0.717) is 5.57 Å². The quantitative estimate of drug-likeness (QED) is 0.321. The highest BCUT2D eigenvalue weighted by atomic mass is 16.5. The third-order valence-corrected chi connectivity index (χ3v) is 3.41. The van der Waals surface area contributed by atoms with Crippen molar-refractivity contribution in [1.82, 2.24) is 0 Å². The van der Waals surface area contributed by atoms with Crippen LogP contribution < -0.4 is 0 Å². The fourth-order valence-electron chi connectivity index (χ4n) is 2.84. The lowest BCUT2D eigenvalue weighted by Crippen LogP contribution is -2.55. The highest BCUT2D eigenvalue weighted by molar-refractivity contribution is 6.19. The molecule has 0 bridgehead atoms. The fraction of sp³-hybridized carbons (Fsp3) is 0.615. The largest absolute Gasteiger partial charge is 0.465 e. The van der Waals surface area contributed by atoms with Gasteiger partial charge in [0.25, 0.3) is 0 Å². The number of carbonyl (C=O) groups is 3. The summed E-state index contributed by atoms with van der Waals surface area (Å²) in [5, 5.41) is 0. The van der Waals surface area contributed by atoms with Gasteiger partial charge >= 0.3 is 11.9 Å². The number of esters is 2. The van der Waals surface area contributed by atoms with Crippen molar-refractivity contribution in [2.24, 2.45) is 10.8 Å². The van der Waals surface area contributed by atoms with Gasteiger partial charge in [-0.05, 0) is 33.3 Å². The van der Waals surface area contributed by atoms with Crippen molar-refractivity contribution < 1.29 is 23.9 Å². The van der Waals surface area contributed by atoms with Crippen molar-refractivity contribution in [3.05, 3.63) is 11.1 Å². The zero-order chi connectivity index (χ0) is 14.3. The maximum absolute atomic E-state index is 12.0. The Morgan fingerprint density at radius 3 is 1.50 bits per heavy atom. The van der Waals surface area contributed by atoms with E-state index in [9.17, 15) is 14.4 Å². The van der Waals surface area contributed by atoms with E-state index in [1.807, 2.05) is 0 Å². The lowest BCUT2D eigenvalue weighted by atomic mass is 9.50. The molecule has 0 radical (unpaired) electrons. The van der Waals surface area contributed by atoms with Gasteiger partial charge in [0.2, 0.25) is 0 Å². The predicted molar refractivity (Wildman–Crippen MR) is 63.6 cm³/mol. The molecule has 0 aromatic heterocycles. The van der Waals surface area contributed by atoms with Gasteiger partial charge in [-0.2, -0.15) is 0 Å². The van der Waals surface area contributed by atoms with Crippen LogP contribution >= 0.6 is 0 Å². The number of methoxy groups -OCH3 is 2. The van der Waals surface area contributed by atoms with Gasteiger partial charge in [-0.15, -0.1) is 0 Å². The van der Waals surface area contributed by atoms with Crippen LogP contribution in [0.4, 0.5) is 0 Å². The number of hydrogen-bond acceptors (Lipinski definition) is 5. The van der Waals surface area contributed by atoms with Crippen LogP contribution in [0.15, 0.2) is 11.1 Å². The van der Waals surface area contributed by atoms with Crippen LogP contribution in [0.3, 0.4) is 0 Å². The molecule has 0 aromatic carbocycles. The average Bonchev–Trinajstić information content (AvgIpc) is 2.32. The second-order valence-corrected chi connectivity index (χ2v) is 5.31. The van der Waals surface area contributed by atoms with Crippen molar-refractivity contribution in [3.8, 4) is 0 Å². The van der Waals surface area contributed by atoms with E-state index < -0.39 is 22.8 Å². The first-order valence-electron chi connectivity index (χ1n) is 5.59. The van der Waals surface area contributed by atoms with Gasteiger partial charge in [-0.3, -0.25) is 4.79 Å². The number of ketones is 1. The molecule has 100 valence electrons. The minimum Gasteiger partial charge on any atom is -0.465 e. The average molecular weight is 254 g/mol. The Bertz CT molecular complexity index is 416. The van der Waals surface area contributed by atoms with Gasteiger partial charge in [-0.1, -0.05) is 0 Å². The second kappa shape index (κ2) is 4.23. The normalized spacial score (nSPS) is 19.9. The maximum atomic E-state index is 12.0. The van der Waals surface area contributed by atoms with Crippen molar-refractivity contribution in [2.75, 3.05) is 14.2 Å². The summed E-state index contributed by atoms with van der Waals surface area (Å²) >= 11 is 0. The summed E-state index contributed by atoms with van der Waals surface area (Å²) in [6.07, 6.45) is 0. The van der Waals surface area contributed by atoms with E-state index in [4.69, 9.17) is 0 Å². The SMILES string of the molecule is COC(=O)C(C(=O)OC)=C1C(C)(C)C(=O)C1(C)C. The summed E-state index contributed by atoms with van der Waals surface area (Å²) in [5.41, 5.74) is -1.39. The molecule has 5 heteroatoms. The lowest BCUT2D eigenvalue weighted by Gasteiger charge is -2.50. The van der Waals surface area contributed by atoms with Crippen LogP contribution in [0.5, 0.6) is 0 Å². The molecule has 0 amide bonds. The molecule has 1 aliphatic rings. The first-order valence-corrected chi connectivity index (χ1v) is 5.59. The van der Waals surface area contributed by atoms with Crippen LogP contribution in [0.1, 0.15) is 27.7 Å². The Morgan fingerprint density at radius 1 is 0.889 bits per heavy atom.